The zero-order valence-corrected chi connectivity index (χ0v) is 13.5. The molecule has 0 saturated carbocycles. The van der Waals surface area contributed by atoms with E-state index in [4.69, 9.17) is 0 Å². The van der Waals surface area contributed by atoms with Gasteiger partial charge in [-0.1, -0.05) is 33.3 Å². The molecule has 1 atom stereocenters. The van der Waals surface area contributed by atoms with Crippen LogP contribution in [0.3, 0.4) is 0 Å². The molecule has 110 valence electrons. The maximum atomic E-state index is 4.33. The third-order valence-electron chi connectivity index (χ3n) is 4.87. The van der Waals surface area contributed by atoms with E-state index >= 15 is 0 Å². The summed E-state index contributed by atoms with van der Waals surface area (Å²) in [6.07, 6.45) is 4.80. The average molecular weight is 347 g/mol. The van der Waals surface area contributed by atoms with Gasteiger partial charge in [0.25, 0.3) is 0 Å². The van der Waals surface area contributed by atoms with E-state index in [0.29, 0.717) is 0 Å². The van der Waals surface area contributed by atoms with Crippen LogP contribution in [-0.2, 0) is 6.54 Å². The molecule has 0 aliphatic carbocycles. The first-order valence-corrected chi connectivity index (χ1v) is 8.46. The minimum Gasteiger partial charge on any atom is -0.303 e. The lowest BCUT2D eigenvalue weighted by atomic mass is 9.79. The van der Waals surface area contributed by atoms with Crippen LogP contribution in [0.5, 0.6) is 0 Å². The summed E-state index contributed by atoms with van der Waals surface area (Å²) in [5, 5.41) is 8.67. The Balaban J connectivity index is 1.50. The predicted molar refractivity (Wildman–Crippen MR) is 85.8 cm³/mol. The maximum Gasteiger partial charge on any atom is 0.113 e. The van der Waals surface area contributed by atoms with Gasteiger partial charge in [0.2, 0.25) is 0 Å². The molecule has 2 bridgehead atoms. The van der Waals surface area contributed by atoms with Gasteiger partial charge in [0.1, 0.15) is 5.69 Å². The summed E-state index contributed by atoms with van der Waals surface area (Å²) in [4.78, 5) is 2.59. The van der Waals surface area contributed by atoms with Gasteiger partial charge >= 0.3 is 0 Å². The van der Waals surface area contributed by atoms with Crippen molar-refractivity contribution < 1.29 is 0 Å². The van der Waals surface area contributed by atoms with E-state index in [1.807, 2.05) is 16.8 Å². The highest BCUT2D eigenvalue weighted by Gasteiger charge is 2.34. The van der Waals surface area contributed by atoms with Crippen molar-refractivity contribution in [3.8, 4) is 11.3 Å². The van der Waals surface area contributed by atoms with Crippen molar-refractivity contribution in [1.82, 2.24) is 19.9 Å². The van der Waals surface area contributed by atoms with Gasteiger partial charge in [-0.05, 0) is 49.9 Å². The maximum absolute atomic E-state index is 4.33. The van der Waals surface area contributed by atoms with Crippen molar-refractivity contribution in [3.05, 3.63) is 34.9 Å². The van der Waals surface area contributed by atoms with Gasteiger partial charge in [0.05, 0.1) is 6.20 Å². The van der Waals surface area contributed by atoms with Gasteiger partial charge in [0.15, 0.2) is 0 Å². The number of benzene rings is 1. The summed E-state index contributed by atoms with van der Waals surface area (Å²) in [7, 11) is 0. The van der Waals surface area contributed by atoms with E-state index in [9.17, 15) is 0 Å². The van der Waals surface area contributed by atoms with Crippen molar-refractivity contribution in [2.75, 3.05) is 19.6 Å². The second kappa shape index (κ2) is 5.54. The van der Waals surface area contributed by atoms with Crippen molar-refractivity contribution in [2.24, 2.45) is 11.8 Å². The third kappa shape index (κ3) is 2.77. The standard InChI is InChI=1S/C16H19BrN4/c17-15-3-1-2-13(8-15)16-11-21(19-18-16)10-14-9-20-6-4-12(14)5-7-20/h1-3,8,11-12,14H,4-7,9-10H2. The number of fused-ring (bicyclic) bond motifs is 3. The average Bonchev–Trinajstić information content (AvgIpc) is 2.97. The SMILES string of the molecule is Brc1cccc(-c2cn(CC3CN4CCC3CC4)nn2)c1. The topological polar surface area (TPSA) is 34.0 Å². The molecule has 3 aliphatic rings. The molecule has 0 amide bonds. The first-order chi connectivity index (χ1) is 10.3. The fraction of sp³-hybridized carbons (Fsp3) is 0.500. The molecule has 1 aromatic carbocycles. The van der Waals surface area contributed by atoms with Crippen molar-refractivity contribution >= 4 is 15.9 Å². The summed E-state index contributed by atoms with van der Waals surface area (Å²) < 4.78 is 3.11. The number of hydrogen-bond donors (Lipinski definition) is 0. The second-order valence-electron chi connectivity index (χ2n) is 6.23. The van der Waals surface area contributed by atoms with Gasteiger partial charge in [0, 0.05) is 23.1 Å². The van der Waals surface area contributed by atoms with Gasteiger partial charge in [-0.15, -0.1) is 5.10 Å². The van der Waals surface area contributed by atoms with E-state index < -0.39 is 0 Å². The molecule has 0 radical (unpaired) electrons. The van der Waals surface area contributed by atoms with Crippen LogP contribution in [0.25, 0.3) is 11.3 Å². The van der Waals surface area contributed by atoms with Crippen LogP contribution < -0.4 is 0 Å². The summed E-state index contributed by atoms with van der Waals surface area (Å²) in [5.74, 6) is 1.62. The number of piperidine rings is 3. The molecule has 3 fully saturated rings. The van der Waals surface area contributed by atoms with Gasteiger partial charge < -0.3 is 4.90 Å². The molecule has 5 heteroatoms. The number of halogens is 1. The summed E-state index contributed by atoms with van der Waals surface area (Å²) in [6.45, 7) is 4.82. The van der Waals surface area contributed by atoms with Crippen LogP contribution in [0.4, 0.5) is 0 Å². The van der Waals surface area contributed by atoms with Crippen molar-refractivity contribution in [2.45, 2.75) is 19.4 Å². The number of nitrogens with zero attached hydrogens (tertiary/aromatic N) is 4. The first-order valence-electron chi connectivity index (χ1n) is 7.66. The minimum atomic E-state index is 0.740. The molecule has 0 N–H and O–H groups in total. The zero-order chi connectivity index (χ0) is 14.2. The number of aromatic nitrogens is 3. The first kappa shape index (κ1) is 13.5. The van der Waals surface area contributed by atoms with Crippen LogP contribution in [0.2, 0.25) is 0 Å². The molecule has 1 unspecified atom stereocenters. The molecule has 4 nitrogen and oxygen atoms in total. The van der Waals surface area contributed by atoms with Gasteiger partial charge in [-0.25, -0.2) is 0 Å². The largest absolute Gasteiger partial charge is 0.303 e. The Kier molecular flexibility index (Phi) is 3.55. The highest BCUT2D eigenvalue weighted by Crippen LogP contribution is 2.33. The molecule has 4 heterocycles. The highest BCUT2D eigenvalue weighted by atomic mass is 79.9. The molecule has 0 spiro atoms. The Labute approximate surface area is 133 Å². The van der Waals surface area contributed by atoms with Gasteiger partial charge in [-0.3, -0.25) is 4.68 Å². The molecule has 3 aliphatic heterocycles. The Bertz CT molecular complexity index is 631. The van der Waals surface area contributed by atoms with E-state index in [0.717, 1.165) is 34.1 Å². The molecule has 2 aromatic rings. The van der Waals surface area contributed by atoms with E-state index in [-0.39, 0.29) is 0 Å². The third-order valence-corrected chi connectivity index (χ3v) is 5.37. The predicted octanol–water partition coefficient (Wildman–Crippen LogP) is 3.05. The molecule has 5 rings (SSSR count). The fourth-order valence-electron chi connectivity index (χ4n) is 3.70. The van der Waals surface area contributed by atoms with Crippen LogP contribution in [-0.4, -0.2) is 39.5 Å². The normalized spacial score (nSPS) is 28.0. The molecule has 21 heavy (non-hydrogen) atoms. The second-order valence-corrected chi connectivity index (χ2v) is 7.15. The van der Waals surface area contributed by atoms with Crippen molar-refractivity contribution in [3.63, 3.8) is 0 Å². The lowest BCUT2D eigenvalue weighted by Crippen LogP contribution is -2.48. The zero-order valence-electron chi connectivity index (χ0n) is 12.0. The van der Waals surface area contributed by atoms with Crippen LogP contribution in [0, 0.1) is 11.8 Å². The lowest BCUT2D eigenvalue weighted by Gasteiger charge is -2.44. The Morgan fingerprint density at radius 3 is 2.81 bits per heavy atom. The smallest absolute Gasteiger partial charge is 0.113 e. The monoisotopic (exact) mass is 346 g/mol. The molecular formula is C16H19BrN4. The molecule has 1 aromatic heterocycles. The van der Waals surface area contributed by atoms with Crippen LogP contribution >= 0.6 is 15.9 Å². The minimum absolute atomic E-state index is 0.740. The summed E-state index contributed by atoms with van der Waals surface area (Å²) in [6, 6.07) is 8.23. The van der Waals surface area contributed by atoms with Crippen LogP contribution in [0.1, 0.15) is 12.8 Å². The van der Waals surface area contributed by atoms with E-state index in [2.05, 4.69) is 49.5 Å². The number of hydrogen-bond acceptors (Lipinski definition) is 3. The van der Waals surface area contributed by atoms with E-state index in [1.54, 1.807) is 0 Å². The van der Waals surface area contributed by atoms with Gasteiger partial charge in [-0.2, -0.15) is 0 Å². The molecule has 3 saturated heterocycles. The quantitative estimate of drug-likeness (QED) is 0.856. The fourth-order valence-corrected chi connectivity index (χ4v) is 4.10. The van der Waals surface area contributed by atoms with Crippen LogP contribution in [0.15, 0.2) is 34.9 Å². The summed E-state index contributed by atoms with van der Waals surface area (Å²) >= 11 is 3.51. The highest BCUT2D eigenvalue weighted by molar-refractivity contribution is 9.10. The summed E-state index contributed by atoms with van der Waals surface area (Å²) in [5.41, 5.74) is 2.07. The van der Waals surface area contributed by atoms with Crippen molar-refractivity contribution in [1.29, 1.82) is 0 Å². The molecular weight excluding hydrogens is 328 g/mol. The Morgan fingerprint density at radius 2 is 2.10 bits per heavy atom. The lowest BCUT2D eigenvalue weighted by molar-refractivity contribution is 0.0402. The Hall–Kier alpha value is -1.20. The van der Waals surface area contributed by atoms with E-state index in [1.165, 1.54) is 32.5 Å². The Morgan fingerprint density at radius 1 is 1.24 bits per heavy atom. The number of rotatable bonds is 3.